The van der Waals surface area contributed by atoms with Gasteiger partial charge in [-0.1, -0.05) is 30.3 Å². The van der Waals surface area contributed by atoms with Crippen LogP contribution in [0, 0.1) is 20.8 Å². The summed E-state index contributed by atoms with van der Waals surface area (Å²) < 4.78 is 309. The third-order valence-electron chi connectivity index (χ3n) is 23.2. The molecule has 4 fully saturated rings. The van der Waals surface area contributed by atoms with E-state index in [1.807, 2.05) is 6.07 Å². The maximum atomic E-state index is 13.4. The van der Waals surface area contributed by atoms with Gasteiger partial charge in [0.25, 0.3) is 0 Å². The van der Waals surface area contributed by atoms with Gasteiger partial charge in [-0.3, -0.25) is 0 Å². The number of aromatic nitrogens is 8. The van der Waals surface area contributed by atoms with E-state index in [2.05, 4.69) is 34.1 Å². The van der Waals surface area contributed by atoms with Crippen LogP contribution in [-0.2, 0) is 48.1 Å². The molecule has 4 aromatic carbocycles. The number of benzene rings is 4. The molecule has 4 saturated carbocycles. The topological polar surface area (TPSA) is 314 Å². The lowest BCUT2D eigenvalue weighted by Gasteiger charge is -2.30. The molecule has 0 radical (unpaired) electrons. The zero-order valence-electron chi connectivity index (χ0n) is 75.5. The van der Waals surface area contributed by atoms with E-state index < -0.39 is 95.4 Å². The summed E-state index contributed by atoms with van der Waals surface area (Å²) >= 11 is 2.73. The predicted octanol–water partition coefficient (Wildman–Crippen LogP) is 21.4. The smallest absolute Gasteiger partial charge is 0.433 e. The average molecular weight is 2110 g/mol. The van der Waals surface area contributed by atoms with Gasteiger partial charge in [-0.25, -0.2) is 19.9 Å². The van der Waals surface area contributed by atoms with E-state index in [1.165, 1.54) is 120 Å². The van der Waals surface area contributed by atoms with Crippen LogP contribution in [0.5, 0.6) is 46.0 Å². The van der Waals surface area contributed by atoms with E-state index in [0.29, 0.717) is 63.6 Å². The normalized spacial score (nSPS) is 15.5. The molecule has 0 saturated heterocycles. The van der Waals surface area contributed by atoms with Crippen LogP contribution in [0.2, 0.25) is 0 Å². The quantitative estimate of drug-likeness (QED) is 0.0161. The molecule has 0 bridgehead atoms. The number of nitrogens with zero attached hydrogens (tertiary/aromatic N) is 8. The monoisotopic (exact) mass is 2110 g/mol. The van der Waals surface area contributed by atoms with Crippen molar-refractivity contribution in [3.8, 4) is 46.0 Å². The first-order chi connectivity index (χ1) is 67.3. The Morgan fingerprint density at radius 1 is 0.329 bits per heavy atom. The highest BCUT2D eigenvalue weighted by molar-refractivity contribution is 7.12. The summed E-state index contributed by atoms with van der Waals surface area (Å²) in [5, 5.41) is 85.5. The first-order valence-corrected chi connectivity index (χ1v) is 47.3. The van der Waals surface area contributed by atoms with Crippen molar-refractivity contribution in [3.05, 3.63) is 301 Å². The van der Waals surface area contributed by atoms with Crippen LogP contribution in [0.25, 0.3) is 0 Å². The van der Waals surface area contributed by atoms with Crippen LogP contribution >= 0.6 is 45.3 Å². The molecule has 8 heterocycles. The van der Waals surface area contributed by atoms with E-state index >= 15 is 0 Å². The number of halogens is 20. The molecule has 770 valence electrons. The fraction of sp³-hybridized carbons (Fsp3) is 0.411. The highest BCUT2D eigenvalue weighted by atomic mass is 32.1. The second-order valence-electron chi connectivity index (χ2n) is 34.7. The summed E-state index contributed by atoms with van der Waals surface area (Å²) in [5.74, 6) is -2.73. The van der Waals surface area contributed by atoms with E-state index in [4.69, 9.17) is 23.7 Å². The molecule has 48 heteroatoms. The number of aliphatic hydroxyl groups is 4. The van der Waals surface area contributed by atoms with Gasteiger partial charge in [-0.2, -0.15) is 107 Å². The van der Waals surface area contributed by atoms with Crippen LogP contribution in [-0.4, -0.2) is 116 Å². The van der Waals surface area contributed by atoms with Gasteiger partial charge in [-0.15, -0.1) is 45.3 Å². The molecule has 0 amide bonds. The second kappa shape index (κ2) is 45.1. The summed E-state index contributed by atoms with van der Waals surface area (Å²) in [6.07, 6.45) is -1.28. The van der Waals surface area contributed by atoms with Crippen LogP contribution in [0.3, 0.4) is 0 Å². The molecule has 4 unspecified atom stereocenters. The molecule has 24 nitrogen and oxygen atoms in total. The molecule has 0 aliphatic heterocycles. The molecular formula is C95H90F20N8O16S4. The molecule has 12 aromatic rings. The lowest BCUT2D eigenvalue weighted by atomic mass is 9.91. The number of ether oxygens (including phenoxy) is 8. The van der Waals surface area contributed by atoms with Crippen LogP contribution in [0.15, 0.2) is 196 Å². The molecule has 4 atom stereocenters. The molecule has 4 N–H and O–H groups in total. The third kappa shape index (κ3) is 27.6. The van der Waals surface area contributed by atoms with Crippen molar-refractivity contribution < 1.29 is 165 Å². The highest BCUT2D eigenvalue weighted by Gasteiger charge is 2.74. The minimum Gasteiger partial charge on any atom is -0.619 e. The highest BCUT2D eigenvalue weighted by Crippen LogP contribution is 2.56. The summed E-state index contributed by atoms with van der Waals surface area (Å²) in [4.78, 5) is 16.8. The lowest BCUT2D eigenvalue weighted by molar-refractivity contribution is -0.614. The maximum absolute atomic E-state index is 13.4. The predicted molar refractivity (Wildman–Crippen MR) is 476 cm³/mol. The number of pyridine rings is 4. The number of hydrogen-bond acceptors (Lipinski definition) is 24. The van der Waals surface area contributed by atoms with Gasteiger partial charge in [0.1, 0.15) is 31.2 Å². The number of hydrogen-bond donors (Lipinski definition) is 4. The van der Waals surface area contributed by atoms with Crippen molar-refractivity contribution in [2.45, 2.75) is 246 Å². The Balaban J connectivity index is 0.000000161. The number of thiazole rings is 4. The zero-order valence-corrected chi connectivity index (χ0v) is 78.7. The Hall–Kier alpha value is -12.0. The van der Waals surface area contributed by atoms with Gasteiger partial charge in [-0.05, 0) is 206 Å². The van der Waals surface area contributed by atoms with Gasteiger partial charge in [0, 0.05) is 122 Å². The second-order valence-corrected chi connectivity index (χ2v) is 39.0. The molecule has 4 aliphatic rings. The molecule has 4 aliphatic carbocycles. The lowest BCUT2D eigenvalue weighted by Crippen LogP contribution is -2.53. The Labute approximate surface area is 818 Å². The van der Waals surface area contributed by atoms with E-state index in [9.17, 15) is 129 Å². The summed E-state index contributed by atoms with van der Waals surface area (Å²) in [7, 11) is 0. The van der Waals surface area contributed by atoms with Crippen LogP contribution < -0.4 is 56.8 Å². The molecule has 8 aromatic heterocycles. The fourth-order valence-electron chi connectivity index (χ4n) is 14.9. The molecule has 0 spiro atoms. The Morgan fingerprint density at radius 2 is 0.615 bits per heavy atom. The van der Waals surface area contributed by atoms with Gasteiger partial charge in [0.05, 0.1) is 24.4 Å². The fourth-order valence-corrected chi connectivity index (χ4v) is 19.3. The maximum Gasteiger partial charge on any atom is 0.433 e. The zero-order chi connectivity index (χ0) is 104. The van der Waals surface area contributed by atoms with E-state index in [1.54, 1.807) is 82.6 Å². The van der Waals surface area contributed by atoms with Crippen LogP contribution in [0.1, 0.15) is 206 Å². The summed E-state index contributed by atoms with van der Waals surface area (Å²) in [5.41, 5.74) is -8.28. The first kappa shape index (κ1) is 108. The standard InChI is InChI=1S/2C24H20F8N2O4S.C24H26F2N2O4S.C23H24F2N2O4S/c25-21(26)38-17-7-6-14(10-18(17)37-15-4-1-5-15)16(9-13-3-2-8-34(36)12-13)19-11-33-20(39-19)22(35,23(27,28)29)24(30,31)32;25-21(26)38-17-8-7-13(10-18(17)37-15-5-3-6-15)16(11-14-4-1-2-9-34(14)36)19-12-33-20(39-19)22(35,23(27,28)29)24(30,31)32;1-24(2,29)22-27-13-21(33-22)18(11-15-5-4-10-28(30)14-15)16-8-9-19(32-23(25)26)20(12-16)31-17-6-3-7-17;1-23(2,28)21-26-13-20(32-21)17(11-14-7-9-27(29)10-8-14)15-3-6-18(31-22(24)25)19(12-15)30-16-4-5-16/h2-3,6-8,10-12,15-16,21,35H,1,4-5,9H2;1-2,4,7-10,12,15-16,21,35H,3,5-6,11H2;4-5,8-10,12-14,17-18,23,29H,3,6-7,11H2,1-2H3;3,6-10,12-13,16-17,22,28H,4-5,11H2,1-2H3. The largest absolute Gasteiger partial charge is 0.619 e. The minimum absolute atomic E-state index is 0.00186. The van der Waals surface area contributed by atoms with Gasteiger partial charge in [0.15, 0.2) is 95.1 Å². The van der Waals surface area contributed by atoms with Crippen molar-refractivity contribution in [2.75, 3.05) is 0 Å². The van der Waals surface area contributed by atoms with Gasteiger partial charge >= 0.3 is 62.4 Å². The minimum atomic E-state index is -6.13. The Morgan fingerprint density at radius 3 is 0.874 bits per heavy atom. The van der Waals surface area contributed by atoms with Crippen molar-refractivity contribution in [3.63, 3.8) is 0 Å². The van der Waals surface area contributed by atoms with E-state index in [0.717, 1.165) is 123 Å². The van der Waals surface area contributed by atoms with Crippen LogP contribution in [0.4, 0.5) is 87.8 Å². The van der Waals surface area contributed by atoms with Gasteiger partial charge < -0.3 is 79.2 Å². The SMILES string of the molecule is CC(C)(O)c1ncc(C(Cc2cc[n+]([O-])cc2)c2ccc(OC(F)F)c(OC3CC3)c2)s1.CC(C)(O)c1ncc(C(Cc2ccc[n+]([O-])c2)c2ccc(OC(F)F)c(OC3CCC3)c2)s1.[O-][n+]1cccc(CC(c2ccc(OC(F)F)c(OC3CCC3)c2)c2cnc(C(O)(C(F)(F)F)C(F)(F)F)s2)c1.[O-][n+]1ccccc1CC(c1ccc(OC(F)F)c(OC2CCC2)c1)c1cnc(C(O)(C(F)(F)F)C(F)(F)F)s1. The third-order valence-corrected chi connectivity index (χ3v) is 28.4. The van der Waals surface area contributed by atoms with Crippen molar-refractivity contribution in [1.82, 2.24) is 19.9 Å². The van der Waals surface area contributed by atoms with Crippen molar-refractivity contribution >= 4 is 45.3 Å². The number of rotatable bonds is 36. The summed E-state index contributed by atoms with van der Waals surface area (Å²) in [6, 6.07) is 31.7. The number of alkyl halides is 20. The molecular weight excluding hydrogens is 2020 g/mol. The Kier molecular flexibility index (Phi) is 34.2. The van der Waals surface area contributed by atoms with Crippen molar-refractivity contribution in [1.29, 1.82) is 0 Å². The van der Waals surface area contributed by atoms with Gasteiger partial charge in [0.2, 0.25) is 0 Å². The molecule has 143 heavy (non-hydrogen) atoms. The van der Waals surface area contributed by atoms with Crippen molar-refractivity contribution in [2.24, 2.45) is 0 Å². The molecule has 16 rings (SSSR count). The Bertz CT molecular complexity index is 6200. The first-order valence-electron chi connectivity index (χ1n) is 44.0. The summed E-state index contributed by atoms with van der Waals surface area (Å²) in [6.45, 7) is -5.59. The average Bonchev–Trinajstić information content (AvgIpc) is 1.69. The van der Waals surface area contributed by atoms with E-state index in [-0.39, 0.29) is 144 Å².